The molecule has 0 aliphatic carbocycles. The van der Waals surface area contributed by atoms with E-state index in [9.17, 15) is 9.90 Å². The number of rotatable bonds is 5. The minimum Gasteiger partial charge on any atom is -0.490 e. The standard InChI is InChI=1S/C21H27N3O3/c1-16-6-3-4-7-20(16)27-15-19(25)21(26)24-11-5-10-23(12-13-24)18-8-9-22-17(2)14-18/h3-4,6-9,14,19,25H,5,10-13,15H2,1-2H3/t19-/m1/s1. The molecule has 1 aromatic carbocycles. The molecule has 1 aliphatic heterocycles. The number of ether oxygens (including phenoxy) is 1. The van der Waals surface area contributed by atoms with Crippen LogP contribution in [0.3, 0.4) is 0 Å². The van der Waals surface area contributed by atoms with Gasteiger partial charge in [-0.3, -0.25) is 9.78 Å². The fourth-order valence-corrected chi connectivity index (χ4v) is 3.29. The third kappa shape index (κ3) is 4.98. The fourth-order valence-electron chi connectivity index (χ4n) is 3.29. The van der Waals surface area contributed by atoms with Crippen LogP contribution in [-0.4, -0.2) is 59.8 Å². The number of aryl methyl sites for hydroxylation is 2. The molecule has 0 saturated carbocycles. The Morgan fingerprint density at radius 1 is 1.19 bits per heavy atom. The van der Waals surface area contributed by atoms with Gasteiger partial charge < -0.3 is 19.6 Å². The van der Waals surface area contributed by atoms with Crippen LogP contribution in [0.1, 0.15) is 17.7 Å². The van der Waals surface area contributed by atoms with Crippen LogP contribution in [0.15, 0.2) is 42.6 Å². The molecule has 144 valence electrons. The maximum absolute atomic E-state index is 12.6. The van der Waals surface area contributed by atoms with Gasteiger partial charge in [-0.1, -0.05) is 18.2 Å². The Kier molecular flexibility index (Phi) is 6.29. The maximum atomic E-state index is 12.6. The summed E-state index contributed by atoms with van der Waals surface area (Å²) in [6, 6.07) is 11.6. The summed E-state index contributed by atoms with van der Waals surface area (Å²) in [7, 11) is 0. The molecule has 1 N–H and O–H groups in total. The Morgan fingerprint density at radius 2 is 2.00 bits per heavy atom. The van der Waals surface area contributed by atoms with Crippen LogP contribution in [0.25, 0.3) is 0 Å². The van der Waals surface area contributed by atoms with Crippen molar-refractivity contribution in [3.8, 4) is 5.75 Å². The van der Waals surface area contributed by atoms with E-state index in [0.717, 1.165) is 36.5 Å². The Morgan fingerprint density at radius 3 is 2.78 bits per heavy atom. The van der Waals surface area contributed by atoms with Crippen molar-refractivity contribution in [2.24, 2.45) is 0 Å². The first-order chi connectivity index (χ1) is 13.0. The molecule has 0 unspecified atom stereocenters. The number of nitrogens with zero attached hydrogens (tertiary/aromatic N) is 3. The molecule has 0 spiro atoms. The molecule has 2 heterocycles. The molecule has 0 radical (unpaired) electrons. The van der Waals surface area contributed by atoms with Crippen molar-refractivity contribution in [2.75, 3.05) is 37.7 Å². The van der Waals surface area contributed by atoms with E-state index in [0.29, 0.717) is 18.8 Å². The third-order valence-corrected chi connectivity index (χ3v) is 4.83. The van der Waals surface area contributed by atoms with Crippen molar-refractivity contribution in [3.05, 3.63) is 53.9 Å². The van der Waals surface area contributed by atoms with Crippen LogP contribution in [0.4, 0.5) is 5.69 Å². The molecule has 0 bridgehead atoms. The molecule has 1 aromatic heterocycles. The lowest BCUT2D eigenvalue weighted by Gasteiger charge is -2.25. The predicted octanol–water partition coefficient (Wildman–Crippen LogP) is 2.18. The number of para-hydroxylation sites is 1. The fraction of sp³-hybridized carbons (Fsp3) is 0.429. The second-order valence-corrected chi connectivity index (χ2v) is 6.91. The Balaban J connectivity index is 1.55. The second-order valence-electron chi connectivity index (χ2n) is 6.91. The van der Waals surface area contributed by atoms with Crippen LogP contribution >= 0.6 is 0 Å². The van der Waals surface area contributed by atoms with Gasteiger partial charge in [0.2, 0.25) is 0 Å². The summed E-state index contributed by atoms with van der Waals surface area (Å²) in [5.41, 5.74) is 3.09. The van der Waals surface area contributed by atoms with Crippen molar-refractivity contribution in [2.45, 2.75) is 26.4 Å². The molecular formula is C21H27N3O3. The number of aliphatic hydroxyl groups is 1. The molecule has 6 nitrogen and oxygen atoms in total. The van der Waals surface area contributed by atoms with E-state index in [1.807, 2.05) is 50.4 Å². The number of carbonyl (C=O) groups excluding carboxylic acids is 1. The number of anilines is 1. The predicted molar refractivity (Wildman–Crippen MR) is 105 cm³/mol. The van der Waals surface area contributed by atoms with E-state index in [-0.39, 0.29) is 12.5 Å². The summed E-state index contributed by atoms with van der Waals surface area (Å²) >= 11 is 0. The summed E-state index contributed by atoms with van der Waals surface area (Å²) in [6.45, 7) is 6.72. The monoisotopic (exact) mass is 369 g/mol. The van der Waals surface area contributed by atoms with Gasteiger partial charge in [0, 0.05) is 43.8 Å². The average Bonchev–Trinajstić information content (AvgIpc) is 2.93. The summed E-state index contributed by atoms with van der Waals surface area (Å²) in [5, 5.41) is 10.3. The van der Waals surface area contributed by atoms with Gasteiger partial charge in [0.15, 0.2) is 6.10 Å². The molecule has 6 heteroatoms. The van der Waals surface area contributed by atoms with Gasteiger partial charge >= 0.3 is 0 Å². The van der Waals surface area contributed by atoms with E-state index in [4.69, 9.17) is 4.74 Å². The lowest BCUT2D eigenvalue weighted by atomic mass is 10.2. The molecule has 3 rings (SSSR count). The summed E-state index contributed by atoms with van der Waals surface area (Å²) < 4.78 is 5.63. The van der Waals surface area contributed by atoms with E-state index in [2.05, 4.69) is 16.0 Å². The van der Waals surface area contributed by atoms with Crippen LogP contribution in [-0.2, 0) is 4.79 Å². The van der Waals surface area contributed by atoms with Crippen molar-refractivity contribution >= 4 is 11.6 Å². The van der Waals surface area contributed by atoms with Crippen molar-refractivity contribution in [1.82, 2.24) is 9.88 Å². The molecule has 1 atom stereocenters. The number of hydrogen-bond donors (Lipinski definition) is 1. The van der Waals surface area contributed by atoms with Crippen LogP contribution in [0.5, 0.6) is 5.75 Å². The van der Waals surface area contributed by atoms with Crippen molar-refractivity contribution < 1.29 is 14.6 Å². The zero-order valence-electron chi connectivity index (χ0n) is 16.0. The highest BCUT2D eigenvalue weighted by Crippen LogP contribution is 2.18. The number of aromatic nitrogens is 1. The number of aliphatic hydroxyl groups excluding tert-OH is 1. The van der Waals surface area contributed by atoms with E-state index in [1.165, 1.54) is 0 Å². The third-order valence-electron chi connectivity index (χ3n) is 4.83. The van der Waals surface area contributed by atoms with Gasteiger partial charge in [-0.2, -0.15) is 0 Å². The van der Waals surface area contributed by atoms with Crippen LogP contribution < -0.4 is 9.64 Å². The minimum absolute atomic E-state index is 0.0343. The Hall–Kier alpha value is -2.60. The highest BCUT2D eigenvalue weighted by atomic mass is 16.5. The largest absolute Gasteiger partial charge is 0.490 e. The Bertz CT molecular complexity index is 781. The van der Waals surface area contributed by atoms with Crippen molar-refractivity contribution in [3.63, 3.8) is 0 Å². The smallest absolute Gasteiger partial charge is 0.255 e. The highest BCUT2D eigenvalue weighted by Gasteiger charge is 2.25. The topological polar surface area (TPSA) is 65.9 Å². The van der Waals surface area contributed by atoms with Crippen LogP contribution in [0.2, 0.25) is 0 Å². The molecule has 27 heavy (non-hydrogen) atoms. The average molecular weight is 369 g/mol. The number of hydrogen-bond acceptors (Lipinski definition) is 5. The highest BCUT2D eigenvalue weighted by molar-refractivity contribution is 5.81. The molecule has 1 fully saturated rings. The molecule has 1 aliphatic rings. The van der Waals surface area contributed by atoms with Crippen LogP contribution in [0, 0.1) is 13.8 Å². The summed E-state index contributed by atoms with van der Waals surface area (Å²) in [5.74, 6) is 0.427. The Labute approximate surface area is 160 Å². The maximum Gasteiger partial charge on any atom is 0.255 e. The molecule has 1 saturated heterocycles. The molecular weight excluding hydrogens is 342 g/mol. The zero-order chi connectivity index (χ0) is 19.2. The first kappa shape index (κ1) is 19.2. The lowest BCUT2D eigenvalue weighted by molar-refractivity contribution is -0.141. The van der Waals surface area contributed by atoms with Gasteiger partial charge in [0.25, 0.3) is 5.91 Å². The first-order valence-electron chi connectivity index (χ1n) is 9.37. The normalized spacial score (nSPS) is 16.0. The van der Waals surface area contributed by atoms with Gasteiger partial charge in [0.1, 0.15) is 12.4 Å². The molecule has 2 aromatic rings. The quantitative estimate of drug-likeness (QED) is 0.875. The van der Waals surface area contributed by atoms with E-state index < -0.39 is 6.10 Å². The SMILES string of the molecule is Cc1cc(N2CCCN(C(=O)[C@H](O)COc3ccccc3C)CC2)ccn1. The van der Waals surface area contributed by atoms with Gasteiger partial charge in [-0.25, -0.2) is 0 Å². The second kappa shape index (κ2) is 8.86. The number of pyridine rings is 1. The first-order valence-corrected chi connectivity index (χ1v) is 9.37. The summed E-state index contributed by atoms with van der Waals surface area (Å²) in [6.07, 6.45) is 1.52. The summed E-state index contributed by atoms with van der Waals surface area (Å²) in [4.78, 5) is 20.9. The van der Waals surface area contributed by atoms with Gasteiger partial charge in [0.05, 0.1) is 0 Å². The van der Waals surface area contributed by atoms with Gasteiger partial charge in [-0.05, 0) is 44.0 Å². The minimum atomic E-state index is -1.15. The number of benzene rings is 1. The number of carbonyl (C=O) groups is 1. The lowest BCUT2D eigenvalue weighted by Crippen LogP contribution is -2.43. The zero-order valence-corrected chi connectivity index (χ0v) is 16.0. The van der Waals surface area contributed by atoms with Gasteiger partial charge in [-0.15, -0.1) is 0 Å². The molecule has 1 amide bonds. The van der Waals surface area contributed by atoms with E-state index >= 15 is 0 Å². The number of amides is 1. The van der Waals surface area contributed by atoms with Crippen molar-refractivity contribution in [1.29, 1.82) is 0 Å². The van der Waals surface area contributed by atoms with E-state index in [1.54, 1.807) is 4.90 Å².